The molecular formula is C27H22ClN3O3. The van der Waals surface area contributed by atoms with Crippen molar-refractivity contribution in [1.82, 2.24) is 4.57 Å². The van der Waals surface area contributed by atoms with Crippen molar-refractivity contribution in [1.29, 1.82) is 0 Å². The van der Waals surface area contributed by atoms with Gasteiger partial charge in [-0.15, -0.1) is 0 Å². The lowest BCUT2D eigenvalue weighted by Crippen LogP contribution is -2.22. The lowest BCUT2D eigenvalue weighted by Gasteiger charge is -2.18. The molecule has 5 rings (SSSR count). The van der Waals surface area contributed by atoms with Gasteiger partial charge in [0.05, 0.1) is 12.7 Å². The van der Waals surface area contributed by atoms with Crippen LogP contribution in [-0.4, -0.2) is 23.4 Å². The Morgan fingerprint density at radius 2 is 1.82 bits per heavy atom. The molecule has 170 valence electrons. The molecular weight excluding hydrogens is 450 g/mol. The van der Waals surface area contributed by atoms with Crippen molar-refractivity contribution >= 4 is 34.7 Å². The predicted octanol–water partition coefficient (Wildman–Crippen LogP) is 5.80. The number of hydrogen-bond donors (Lipinski definition) is 2. The number of nitrogens with one attached hydrogen (secondary N) is 2. The number of hydrogen-bond acceptors (Lipinski definition) is 4. The van der Waals surface area contributed by atoms with E-state index in [-0.39, 0.29) is 11.7 Å². The molecule has 6 nitrogen and oxygen atoms in total. The summed E-state index contributed by atoms with van der Waals surface area (Å²) in [6.07, 6.45) is 1.99. The molecule has 0 aliphatic carbocycles. The first kappa shape index (κ1) is 21.8. The molecule has 1 aliphatic heterocycles. The second kappa shape index (κ2) is 9.08. The van der Waals surface area contributed by atoms with Crippen LogP contribution in [0.4, 0.5) is 11.4 Å². The van der Waals surface area contributed by atoms with E-state index in [0.29, 0.717) is 34.1 Å². The van der Waals surface area contributed by atoms with Gasteiger partial charge in [0.1, 0.15) is 11.8 Å². The number of aromatic nitrogens is 1. The van der Waals surface area contributed by atoms with Crippen molar-refractivity contribution in [3.8, 4) is 5.75 Å². The van der Waals surface area contributed by atoms with Crippen LogP contribution in [0.25, 0.3) is 0 Å². The van der Waals surface area contributed by atoms with Crippen molar-refractivity contribution in [3.63, 3.8) is 0 Å². The molecule has 0 spiro atoms. The number of amides is 1. The maximum Gasteiger partial charge on any atom is 0.259 e. The number of Topliss-reactive ketones (excluding diaryl/α,β-unsaturated/α-hetero) is 1. The summed E-state index contributed by atoms with van der Waals surface area (Å²) in [5.74, 6) is 0.0147. The molecule has 0 radical (unpaired) electrons. The summed E-state index contributed by atoms with van der Waals surface area (Å²) in [5.41, 5.74) is 4.48. The summed E-state index contributed by atoms with van der Waals surface area (Å²) in [4.78, 5) is 26.2. The number of anilines is 2. The molecule has 1 aromatic heterocycles. The Morgan fingerprint density at radius 3 is 2.62 bits per heavy atom. The van der Waals surface area contributed by atoms with Crippen LogP contribution >= 0.6 is 11.6 Å². The Kier molecular flexibility index (Phi) is 5.82. The van der Waals surface area contributed by atoms with E-state index in [9.17, 15) is 9.59 Å². The molecule has 1 aliphatic rings. The number of methoxy groups -OCH3 is 1. The molecule has 34 heavy (non-hydrogen) atoms. The van der Waals surface area contributed by atoms with Crippen molar-refractivity contribution in [2.24, 2.45) is 0 Å². The molecule has 2 N–H and O–H groups in total. The third-order valence-electron chi connectivity index (χ3n) is 5.92. The van der Waals surface area contributed by atoms with Gasteiger partial charge in [-0.3, -0.25) is 9.59 Å². The fourth-order valence-electron chi connectivity index (χ4n) is 4.18. The van der Waals surface area contributed by atoms with Crippen LogP contribution in [0, 0.1) is 0 Å². The standard InChI is InChI=1S/C27H22ClN3O3/c1-34-24-15-19(28)10-13-21(24)27(33)29-20-11-8-17(9-12-20)26(32)25-23-7-4-14-31(23)16-18-5-2-3-6-22(18)30-25/h2-15,25,30H,16H2,1H3,(H,29,33). The van der Waals surface area contributed by atoms with E-state index in [2.05, 4.69) is 21.3 Å². The smallest absolute Gasteiger partial charge is 0.259 e. The normalized spacial score (nSPS) is 14.2. The van der Waals surface area contributed by atoms with Crippen LogP contribution in [0.2, 0.25) is 5.02 Å². The van der Waals surface area contributed by atoms with Crippen LogP contribution in [0.5, 0.6) is 5.75 Å². The number of benzene rings is 3. The highest BCUT2D eigenvalue weighted by atomic mass is 35.5. The summed E-state index contributed by atoms with van der Waals surface area (Å²) in [5, 5.41) is 6.74. The Bertz CT molecular complexity index is 1380. The molecule has 7 heteroatoms. The van der Waals surface area contributed by atoms with Crippen LogP contribution in [0.15, 0.2) is 85.1 Å². The van der Waals surface area contributed by atoms with Gasteiger partial charge in [0.25, 0.3) is 5.91 Å². The van der Waals surface area contributed by atoms with Gasteiger partial charge < -0.3 is 19.9 Å². The zero-order valence-corrected chi connectivity index (χ0v) is 19.2. The fraction of sp³-hybridized carbons (Fsp3) is 0.111. The third kappa shape index (κ3) is 4.16. The number of carbonyl (C=O) groups excluding carboxylic acids is 2. The van der Waals surface area contributed by atoms with Gasteiger partial charge in [0.2, 0.25) is 0 Å². The lowest BCUT2D eigenvalue weighted by molar-refractivity contribution is 0.0966. The van der Waals surface area contributed by atoms with Crippen molar-refractivity contribution in [3.05, 3.63) is 112 Å². The second-order valence-electron chi connectivity index (χ2n) is 8.04. The monoisotopic (exact) mass is 471 g/mol. The van der Waals surface area contributed by atoms with E-state index in [0.717, 1.165) is 16.9 Å². The van der Waals surface area contributed by atoms with Gasteiger partial charge in [0, 0.05) is 40.4 Å². The Balaban J connectivity index is 1.37. The molecule has 0 saturated heterocycles. The number of halogens is 1. The highest BCUT2D eigenvalue weighted by Gasteiger charge is 2.28. The second-order valence-corrected chi connectivity index (χ2v) is 8.47. The maximum atomic E-state index is 13.5. The average molecular weight is 472 g/mol. The zero-order chi connectivity index (χ0) is 23.7. The number of para-hydroxylation sites is 1. The maximum absolute atomic E-state index is 13.5. The van der Waals surface area contributed by atoms with E-state index >= 15 is 0 Å². The highest BCUT2D eigenvalue weighted by Crippen LogP contribution is 2.31. The number of nitrogens with zero attached hydrogens (tertiary/aromatic N) is 1. The van der Waals surface area contributed by atoms with E-state index in [1.807, 2.05) is 36.5 Å². The number of fused-ring (bicyclic) bond motifs is 2. The van der Waals surface area contributed by atoms with Gasteiger partial charge in [-0.2, -0.15) is 0 Å². The summed E-state index contributed by atoms with van der Waals surface area (Å²) in [6, 6.07) is 23.1. The SMILES string of the molecule is COc1cc(Cl)ccc1C(=O)Nc1ccc(C(=O)C2Nc3ccccc3Cn3cccc32)cc1. The lowest BCUT2D eigenvalue weighted by atomic mass is 10.0. The molecule has 1 unspecified atom stereocenters. The van der Waals surface area contributed by atoms with Gasteiger partial charge in [-0.1, -0.05) is 29.8 Å². The number of carbonyl (C=O) groups is 2. The Morgan fingerprint density at radius 1 is 1.03 bits per heavy atom. The van der Waals surface area contributed by atoms with Crippen molar-refractivity contribution in [2.45, 2.75) is 12.6 Å². The van der Waals surface area contributed by atoms with Gasteiger partial charge in [-0.05, 0) is 66.2 Å². The van der Waals surface area contributed by atoms with Crippen molar-refractivity contribution in [2.75, 3.05) is 17.7 Å². The first-order valence-corrected chi connectivity index (χ1v) is 11.2. The summed E-state index contributed by atoms with van der Waals surface area (Å²) in [6.45, 7) is 0.703. The first-order valence-electron chi connectivity index (χ1n) is 10.8. The molecule has 1 atom stereocenters. The number of ketones is 1. The largest absolute Gasteiger partial charge is 0.496 e. The molecule has 0 fully saturated rings. The minimum Gasteiger partial charge on any atom is -0.496 e. The fourth-order valence-corrected chi connectivity index (χ4v) is 4.34. The molecule has 4 aromatic rings. The van der Waals surface area contributed by atoms with E-state index < -0.39 is 6.04 Å². The summed E-state index contributed by atoms with van der Waals surface area (Å²) < 4.78 is 7.35. The van der Waals surface area contributed by atoms with Crippen molar-refractivity contribution < 1.29 is 14.3 Å². The molecule has 0 saturated carbocycles. The van der Waals surface area contributed by atoms with Gasteiger partial charge in [0.15, 0.2) is 5.78 Å². The van der Waals surface area contributed by atoms with E-state index in [1.54, 1.807) is 42.5 Å². The molecule has 0 bridgehead atoms. The third-order valence-corrected chi connectivity index (χ3v) is 6.15. The molecule has 3 aromatic carbocycles. The average Bonchev–Trinajstić information content (AvgIpc) is 3.24. The van der Waals surface area contributed by atoms with Crippen LogP contribution < -0.4 is 15.4 Å². The quantitative estimate of drug-likeness (QED) is 0.361. The Hall–Kier alpha value is -4.03. The van der Waals surface area contributed by atoms with Crippen LogP contribution in [0.1, 0.15) is 38.0 Å². The molecule has 2 heterocycles. The van der Waals surface area contributed by atoms with E-state index in [1.165, 1.54) is 7.11 Å². The number of ether oxygens (including phenoxy) is 1. The highest BCUT2D eigenvalue weighted by molar-refractivity contribution is 6.31. The van der Waals surface area contributed by atoms with Crippen LogP contribution in [0.3, 0.4) is 0 Å². The predicted molar refractivity (Wildman–Crippen MR) is 133 cm³/mol. The van der Waals surface area contributed by atoms with Crippen LogP contribution in [-0.2, 0) is 6.54 Å². The summed E-state index contributed by atoms with van der Waals surface area (Å²) >= 11 is 5.98. The van der Waals surface area contributed by atoms with Gasteiger partial charge >= 0.3 is 0 Å². The summed E-state index contributed by atoms with van der Waals surface area (Å²) in [7, 11) is 1.49. The zero-order valence-electron chi connectivity index (χ0n) is 18.4. The minimum atomic E-state index is -0.516. The minimum absolute atomic E-state index is 0.0473. The van der Waals surface area contributed by atoms with Gasteiger partial charge in [-0.25, -0.2) is 0 Å². The molecule has 1 amide bonds. The topological polar surface area (TPSA) is 72.4 Å². The Labute approximate surface area is 202 Å². The van der Waals surface area contributed by atoms with E-state index in [4.69, 9.17) is 16.3 Å². The number of rotatable bonds is 5. The first-order chi connectivity index (χ1) is 16.5.